The first-order valence-electron chi connectivity index (χ1n) is 7.79. The Morgan fingerprint density at radius 2 is 1.96 bits per heavy atom. The number of carboxylic acid groups (broad SMARTS) is 1. The molecule has 2 aromatic rings. The van der Waals surface area contributed by atoms with E-state index in [9.17, 15) is 18.8 Å². The summed E-state index contributed by atoms with van der Waals surface area (Å²) in [5.41, 5.74) is 2.40. The number of rotatable bonds is 4. The molecule has 1 aromatic heterocycles. The van der Waals surface area contributed by atoms with E-state index in [4.69, 9.17) is 5.11 Å². The normalized spacial score (nSPS) is 15.7. The number of carbonyl (C=O) groups is 3. The van der Waals surface area contributed by atoms with E-state index in [0.29, 0.717) is 21.8 Å². The Hall–Kier alpha value is -3.42. The zero-order valence-electron chi connectivity index (χ0n) is 14.1. The number of amides is 3. The second-order valence-electron chi connectivity index (χ2n) is 5.89. The van der Waals surface area contributed by atoms with E-state index in [2.05, 4.69) is 5.32 Å². The molecule has 0 spiro atoms. The number of para-hydroxylation sites is 1. The van der Waals surface area contributed by atoms with Gasteiger partial charge in [0.15, 0.2) is 0 Å². The third-order valence-corrected chi connectivity index (χ3v) is 4.12. The lowest BCUT2D eigenvalue weighted by molar-refractivity contribution is -0.140. The summed E-state index contributed by atoms with van der Waals surface area (Å²) in [5, 5.41) is 11.2. The molecule has 26 heavy (non-hydrogen) atoms. The largest absolute Gasteiger partial charge is 0.480 e. The molecule has 2 N–H and O–H groups in total. The second-order valence-corrected chi connectivity index (χ2v) is 5.89. The van der Waals surface area contributed by atoms with Crippen LogP contribution in [0.5, 0.6) is 0 Å². The van der Waals surface area contributed by atoms with Crippen LogP contribution in [0.25, 0.3) is 11.8 Å². The van der Waals surface area contributed by atoms with Crippen LogP contribution >= 0.6 is 0 Å². The molecular weight excluding hydrogens is 341 g/mol. The van der Waals surface area contributed by atoms with Crippen molar-refractivity contribution in [3.63, 3.8) is 0 Å². The van der Waals surface area contributed by atoms with Crippen molar-refractivity contribution in [1.29, 1.82) is 0 Å². The first kappa shape index (κ1) is 17.4. The first-order valence-corrected chi connectivity index (χ1v) is 7.79. The monoisotopic (exact) mass is 357 g/mol. The SMILES string of the molecule is Cc1cc(/C=C2/NC(=O)N(CC(=O)O)C2=O)c(C)n1-c1ccccc1F. The average Bonchev–Trinajstić information content (AvgIpc) is 2.99. The summed E-state index contributed by atoms with van der Waals surface area (Å²) >= 11 is 0. The van der Waals surface area contributed by atoms with Crippen LogP contribution in [0, 0.1) is 19.7 Å². The molecule has 0 unspecified atom stereocenters. The minimum absolute atomic E-state index is 0.0231. The molecule has 1 saturated heterocycles. The van der Waals surface area contributed by atoms with Gasteiger partial charge in [-0.25, -0.2) is 14.1 Å². The van der Waals surface area contributed by atoms with Gasteiger partial charge in [-0.05, 0) is 43.7 Å². The highest BCUT2D eigenvalue weighted by atomic mass is 19.1. The fraction of sp³-hybridized carbons (Fsp3) is 0.167. The number of aryl methyl sites for hydroxylation is 1. The minimum atomic E-state index is -1.28. The predicted octanol–water partition coefficient (Wildman–Crippen LogP) is 2.21. The number of benzene rings is 1. The molecule has 1 aliphatic rings. The molecule has 0 saturated carbocycles. The van der Waals surface area contributed by atoms with Gasteiger partial charge in [-0.15, -0.1) is 0 Å². The van der Waals surface area contributed by atoms with E-state index in [-0.39, 0.29) is 11.5 Å². The van der Waals surface area contributed by atoms with Crippen LogP contribution in [0.2, 0.25) is 0 Å². The molecule has 7 nitrogen and oxygen atoms in total. The highest BCUT2D eigenvalue weighted by Gasteiger charge is 2.35. The number of urea groups is 1. The summed E-state index contributed by atoms with van der Waals surface area (Å²) < 4.78 is 15.8. The van der Waals surface area contributed by atoms with Gasteiger partial charge in [0.2, 0.25) is 0 Å². The minimum Gasteiger partial charge on any atom is -0.480 e. The Kier molecular flexibility index (Phi) is 4.33. The van der Waals surface area contributed by atoms with E-state index in [1.54, 1.807) is 42.7 Å². The molecule has 8 heteroatoms. The Labute approximate surface area is 148 Å². The smallest absolute Gasteiger partial charge is 0.329 e. The predicted molar refractivity (Wildman–Crippen MR) is 91.1 cm³/mol. The molecule has 0 radical (unpaired) electrons. The second kappa shape index (κ2) is 6.47. The molecule has 1 aromatic carbocycles. The van der Waals surface area contributed by atoms with Crippen LogP contribution in [0.15, 0.2) is 36.0 Å². The summed E-state index contributed by atoms with van der Waals surface area (Å²) in [7, 11) is 0. The van der Waals surface area contributed by atoms with Crippen LogP contribution in [0.1, 0.15) is 17.0 Å². The van der Waals surface area contributed by atoms with E-state index in [0.717, 1.165) is 5.69 Å². The van der Waals surface area contributed by atoms with Crippen molar-refractivity contribution in [2.75, 3.05) is 6.54 Å². The van der Waals surface area contributed by atoms with Gasteiger partial charge in [0.1, 0.15) is 18.1 Å². The van der Waals surface area contributed by atoms with Crippen molar-refractivity contribution in [3.8, 4) is 5.69 Å². The Morgan fingerprint density at radius 1 is 1.27 bits per heavy atom. The lowest BCUT2D eigenvalue weighted by Crippen LogP contribution is -2.35. The van der Waals surface area contributed by atoms with E-state index >= 15 is 0 Å². The average molecular weight is 357 g/mol. The van der Waals surface area contributed by atoms with Crippen molar-refractivity contribution in [1.82, 2.24) is 14.8 Å². The van der Waals surface area contributed by atoms with Gasteiger partial charge in [0, 0.05) is 11.4 Å². The van der Waals surface area contributed by atoms with E-state index < -0.39 is 24.5 Å². The van der Waals surface area contributed by atoms with Crippen molar-refractivity contribution in [2.45, 2.75) is 13.8 Å². The molecule has 0 aliphatic carbocycles. The lowest BCUT2D eigenvalue weighted by atomic mass is 10.2. The Bertz CT molecular complexity index is 961. The summed E-state index contributed by atoms with van der Waals surface area (Å²) in [4.78, 5) is 35.4. The molecular formula is C18H16FN3O4. The van der Waals surface area contributed by atoms with Gasteiger partial charge >= 0.3 is 12.0 Å². The topological polar surface area (TPSA) is 91.6 Å². The Morgan fingerprint density at radius 3 is 2.62 bits per heavy atom. The van der Waals surface area contributed by atoms with Crippen molar-refractivity contribution in [3.05, 3.63) is 58.8 Å². The highest BCUT2D eigenvalue weighted by Crippen LogP contribution is 2.25. The van der Waals surface area contributed by atoms with Gasteiger partial charge in [-0.3, -0.25) is 9.59 Å². The third kappa shape index (κ3) is 2.97. The fourth-order valence-electron chi connectivity index (χ4n) is 2.94. The molecule has 0 bridgehead atoms. The summed E-state index contributed by atoms with van der Waals surface area (Å²) in [6.45, 7) is 2.85. The molecule has 3 rings (SSSR count). The van der Waals surface area contributed by atoms with Crippen molar-refractivity contribution >= 4 is 24.0 Å². The molecule has 1 aliphatic heterocycles. The number of aliphatic carboxylic acids is 1. The van der Waals surface area contributed by atoms with Crippen LogP contribution in [0.4, 0.5) is 9.18 Å². The maximum Gasteiger partial charge on any atom is 0.329 e. The van der Waals surface area contributed by atoms with E-state index in [1.165, 1.54) is 12.1 Å². The van der Waals surface area contributed by atoms with Crippen molar-refractivity contribution < 1.29 is 23.9 Å². The number of aromatic nitrogens is 1. The number of nitrogens with zero attached hydrogens (tertiary/aromatic N) is 2. The number of carboxylic acids is 1. The zero-order valence-corrected chi connectivity index (χ0v) is 14.1. The molecule has 134 valence electrons. The third-order valence-electron chi connectivity index (χ3n) is 4.12. The quantitative estimate of drug-likeness (QED) is 0.648. The number of hydrogen-bond donors (Lipinski definition) is 2. The highest BCUT2D eigenvalue weighted by molar-refractivity contribution is 6.15. The van der Waals surface area contributed by atoms with Crippen LogP contribution < -0.4 is 5.32 Å². The lowest BCUT2D eigenvalue weighted by Gasteiger charge is -2.10. The number of nitrogens with one attached hydrogen (secondary N) is 1. The van der Waals surface area contributed by atoms with Crippen LogP contribution in [-0.4, -0.2) is 39.0 Å². The number of hydrogen-bond acceptors (Lipinski definition) is 3. The summed E-state index contributed by atoms with van der Waals surface area (Å²) in [5.74, 6) is -2.38. The maximum absolute atomic E-state index is 14.1. The first-order chi connectivity index (χ1) is 12.3. The molecule has 2 heterocycles. The van der Waals surface area contributed by atoms with Crippen LogP contribution in [0.3, 0.4) is 0 Å². The summed E-state index contributed by atoms with van der Waals surface area (Å²) in [6.07, 6.45) is 1.46. The maximum atomic E-state index is 14.1. The van der Waals surface area contributed by atoms with Gasteiger partial charge in [-0.1, -0.05) is 12.1 Å². The number of imide groups is 1. The van der Waals surface area contributed by atoms with Gasteiger partial charge in [0.25, 0.3) is 5.91 Å². The Balaban J connectivity index is 2.00. The van der Waals surface area contributed by atoms with E-state index in [1.807, 2.05) is 0 Å². The van der Waals surface area contributed by atoms with Gasteiger partial charge < -0.3 is 15.0 Å². The zero-order chi connectivity index (χ0) is 19.0. The fourth-order valence-corrected chi connectivity index (χ4v) is 2.94. The number of halogens is 1. The van der Waals surface area contributed by atoms with Gasteiger partial charge in [-0.2, -0.15) is 0 Å². The summed E-state index contributed by atoms with van der Waals surface area (Å²) in [6, 6.07) is 7.29. The van der Waals surface area contributed by atoms with Crippen LogP contribution in [-0.2, 0) is 9.59 Å². The standard InChI is InChI=1S/C18H16FN3O4/c1-10-7-12(11(2)22(10)15-6-4-3-5-13(15)19)8-14-17(25)21(9-16(23)24)18(26)20-14/h3-8H,9H2,1-2H3,(H,20,26)(H,23,24)/b14-8+. The van der Waals surface area contributed by atoms with Crippen molar-refractivity contribution in [2.24, 2.45) is 0 Å². The van der Waals surface area contributed by atoms with Gasteiger partial charge in [0.05, 0.1) is 5.69 Å². The number of carbonyl (C=O) groups excluding carboxylic acids is 2. The molecule has 1 fully saturated rings. The molecule has 3 amide bonds. The molecule has 0 atom stereocenters.